The molecular weight excluding hydrogens is 280 g/mol. The lowest BCUT2D eigenvalue weighted by molar-refractivity contribution is -0.123. The van der Waals surface area contributed by atoms with Gasteiger partial charge in [-0.3, -0.25) is 4.79 Å². The van der Waals surface area contributed by atoms with E-state index in [2.05, 4.69) is 10.1 Å². The average molecular weight is 299 g/mol. The first kappa shape index (κ1) is 15.7. The molecular formula is C15H19F2NO3. The van der Waals surface area contributed by atoms with Gasteiger partial charge in [0.15, 0.2) is 0 Å². The standard InChI is InChI=1S/C15H19F2NO3/c1-15(9-19,11-5-6-11)18-13(20)8-10-3-2-4-12(7-10)21-14(16)17/h2-4,7,11,14,19H,5-6,8-9H2,1H3,(H,18,20). The number of rotatable bonds is 7. The SMILES string of the molecule is CC(CO)(NC(=O)Cc1cccc(OC(F)F)c1)C1CC1. The molecule has 1 aromatic carbocycles. The van der Waals surface area contributed by atoms with Crippen LogP contribution in [0.3, 0.4) is 0 Å². The quantitative estimate of drug-likeness (QED) is 0.810. The number of hydrogen-bond donors (Lipinski definition) is 2. The number of carbonyl (C=O) groups excluding carboxylic acids is 1. The fraction of sp³-hybridized carbons (Fsp3) is 0.533. The zero-order valence-corrected chi connectivity index (χ0v) is 11.8. The molecule has 1 atom stereocenters. The lowest BCUT2D eigenvalue weighted by Crippen LogP contribution is -2.51. The Morgan fingerprint density at radius 3 is 2.81 bits per heavy atom. The Kier molecular flexibility index (Phi) is 4.77. The first-order chi connectivity index (χ1) is 9.93. The predicted octanol–water partition coefficient (Wildman–Crippen LogP) is 2.11. The Morgan fingerprint density at radius 2 is 2.24 bits per heavy atom. The first-order valence-electron chi connectivity index (χ1n) is 6.88. The molecule has 0 bridgehead atoms. The number of amides is 1. The van der Waals surface area contributed by atoms with Gasteiger partial charge in [-0.2, -0.15) is 8.78 Å². The summed E-state index contributed by atoms with van der Waals surface area (Å²) in [4.78, 5) is 12.0. The van der Waals surface area contributed by atoms with Gasteiger partial charge in [0.2, 0.25) is 5.91 Å². The number of benzene rings is 1. The van der Waals surface area contributed by atoms with Gasteiger partial charge in [-0.15, -0.1) is 0 Å². The van der Waals surface area contributed by atoms with Gasteiger partial charge in [0.1, 0.15) is 5.75 Å². The van der Waals surface area contributed by atoms with Gasteiger partial charge in [0.25, 0.3) is 0 Å². The van der Waals surface area contributed by atoms with Crippen LogP contribution in [0.4, 0.5) is 8.78 Å². The summed E-state index contributed by atoms with van der Waals surface area (Å²) >= 11 is 0. The minimum absolute atomic E-state index is 0.0300. The molecule has 0 heterocycles. The van der Waals surface area contributed by atoms with Crippen LogP contribution >= 0.6 is 0 Å². The molecule has 1 aliphatic carbocycles. The normalized spacial score (nSPS) is 17.4. The third-order valence-corrected chi connectivity index (χ3v) is 3.72. The van der Waals surface area contributed by atoms with E-state index in [-0.39, 0.29) is 24.7 Å². The fourth-order valence-electron chi connectivity index (χ4n) is 2.37. The highest BCUT2D eigenvalue weighted by atomic mass is 19.3. The molecule has 0 saturated heterocycles. The molecule has 4 nitrogen and oxygen atoms in total. The fourth-order valence-corrected chi connectivity index (χ4v) is 2.37. The molecule has 2 N–H and O–H groups in total. The van der Waals surface area contributed by atoms with Crippen molar-refractivity contribution in [1.29, 1.82) is 0 Å². The highest BCUT2D eigenvalue weighted by Crippen LogP contribution is 2.39. The van der Waals surface area contributed by atoms with Gasteiger partial charge in [-0.25, -0.2) is 0 Å². The Morgan fingerprint density at radius 1 is 1.52 bits per heavy atom. The van der Waals surface area contributed by atoms with Crippen molar-refractivity contribution in [2.45, 2.75) is 38.3 Å². The van der Waals surface area contributed by atoms with E-state index < -0.39 is 12.2 Å². The molecule has 0 aromatic heterocycles. The first-order valence-corrected chi connectivity index (χ1v) is 6.88. The Balaban J connectivity index is 1.96. The zero-order valence-electron chi connectivity index (χ0n) is 11.8. The molecule has 116 valence electrons. The summed E-state index contributed by atoms with van der Waals surface area (Å²) in [5.74, 6) is 0.0926. The summed E-state index contributed by atoms with van der Waals surface area (Å²) in [6.45, 7) is -1.18. The van der Waals surface area contributed by atoms with Crippen LogP contribution in [0.15, 0.2) is 24.3 Å². The monoisotopic (exact) mass is 299 g/mol. The van der Waals surface area contributed by atoms with E-state index in [1.54, 1.807) is 12.1 Å². The van der Waals surface area contributed by atoms with Crippen LogP contribution in [-0.4, -0.2) is 29.8 Å². The number of alkyl halides is 2. The van der Waals surface area contributed by atoms with Crippen LogP contribution in [0.2, 0.25) is 0 Å². The summed E-state index contributed by atoms with van der Waals surface area (Å²) in [5.41, 5.74) is -0.0181. The number of aliphatic hydroxyl groups is 1. The number of ether oxygens (including phenoxy) is 1. The lowest BCUT2D eigenvalue weighted by Gasteiger charge is -2.28. The third kappa shape index (κ3) is 4.39. The molecule has 1 fully saturated rings. The topological polar surface area (TPSA) is 58.6 Å². The predicted molar refractivity (Wildman–Crippen MR) is 73.1 cm³/mol. The largest absolute Gasteiger partial charge is 0.435 e. The summed E-state index contributed by atoms with van der Waals surface area (Å²) in [5, 5.41) is 12.3. The van der Waals surface area contributed by atoms with Crippen LogP contribution in [0.5, 0.6) is 5.75 Å². The van der Waals surface area contributed by atoms with Crippen molar-refractivity contribution < 1.29 is 23.4 Å². The van der Waals surface area contributed by atoms with Crippen LogP contribution < -0.4 is 10.1 Å². The smallest absolute Gasteiger partial charge is 0.387 e. The van der Waals surface area contributed by atoms with E-state index in [0.717, 1.165) is 12.8 Å². The van der Waals surface area contributed by atoms with Gasteiger partial charge < -0.3 is 15.2 Å². The molecule has 2 rings (SSSR count). The van der Waals surface area contributed by atoms with Crippen molar-refractivity contribution in [3.05, 3.63) is 29.8 Å². The molecule has 1 amide bonds. The van der Waals surface area contributed by atoms with Crippen molar-refractivity contribution in [1.82, 2.24) is 5.32 Å². The minimum atomic E-state index is -2.89. The molecule has 1 aliphatic rings. The molecule has 0 spiro atoms. The van der Waals surface area contributed by atoms with Gasteiger partial charge in [-0.05, 0) is 43.4 Å². The van der Waals surface area contributed by atoms with Crippen LogP contribution in [0, 0.1) is 5.92 Å². The number of nitrogens with one attached hydrogen (secondary N) is 1. The van der Waals surface area contributed by atoms with E-state index in [1.165, 1.54) is 12.1 Å². The molecule has 1 aromatic rings. The van der Waals surface area contributed by atoms with Gasteiger partial charge >= 0.3 is 6.61 Å². The average Bonchev–Trinajstić information content (AvgIpc) is 3.22. The maximum absolute atomic E-state index is 12.1. The van der Waals surface area contributed by atoms with Crippen molar-refractivity contribution >= 4 is 5.91 Å². The summed E-state index contributed by atoms with van der Waals surface area (Å²) < 4.78 is 28.6. The van der Waals surface area contributed by atoms with Gasteiger partial charge in [0.05, 0.1) is 18.6 Å². The molecule has 1 saturated carbocycles. The Hall–Kier alpha value is -1.69. The van der Waals surface area contributed by atoms with Gasteiger partial charge in [-0.1, -0.05) is 12.1 Å². The van der Waals surface area contributed by atoms with E-state index >= 15 is 0 Å². The number of carbonyl (C=O) groups is 1. The van der Waals surface area contributed by atoms with Crippen LogP contribution in [0.1, 0.15) is 25.3 Å². The highest BCUT2D eigenvalue weighted by molar-refractivity contribution is 5.79. The number of aliphatic hydroxyl groups excluding tert-OH is 1. The maximum atomic E-state index is 12.1. The maximum Gasteiger partial charge on any atom is 0.387 e. The van der Waals surface area contributed by atoms with E-state index in [0.29, 0.717) is 11.5 Å². The van der Waals surface area contributed by atoms with E-state index in [1.807, 2.05) is 6.92 Å². The van der Waals surface area contributed by atoms with Crippen molar-refractivity contribution in [3.63, 3.8) is 0 Å². The molecule has 1 unspecified atom stereocenters. The summed E-state index contributed by atoms with van der Waals surface area (Å²) in [6, 6.07) is 6.06. The number of halogens is 2. The minimum Gasteiger partial charge on any atom is -0.435 e. The number of hydrogen-bond acceptors (Lipinski definition) is 3. The second-order valence-electron chi connectivity index (χ2n) is 5.60. The van der Waals surface area contributed by atoms with Gasteiger partial charge in [0, 0.05) is 0 Å². The van der Waals surface area contributed by atoms with E-state index in [9.17, 15) is 18.7 Å². The van der Waals surface area contributed by atoms with Crippen molar-refractivity contribution in [2.75, 3.05) is 6.61 Å². The molecule has 21 heavy (non-hydrogen) atoms. The molecule has 0 aliphatic heterocycles. The zero-order chi connectivity index (χ0) is 15.5. The summed E-state index contributed by atoms with van der Waals surface area (Å²) in [7, 11) is 0. The molecule has 6 heteroatoms. The lowest BCUT2D eigenvalue weighted by atomic mass is 9.96. The summed E-state index contributed by atoms with van der Waals surface area (Å²) in [6.07, 6.45) is 2.05. The van der Waals surface area contributed by atoms with Crippen molar-refractivity contribution in [3.8, 4) is 5.75 Å². The second-order valence-corrected chi connectivity index (χ2v) is 5.60. The molecule has 0 radical (unpaired) electrons. The van der Waals surface area contributed by atoms with Crippen LogP contribution in [0.25, 0.3) is 0 Å². The van der Waals surface area contributed by atoms with Crippen LogP contribution in [-0.2, 0) is 11.2 Å². The van der Waals surface area contributed by atoms with Crippen molar-refractivity contribution in [2.24, 2.45) is 5.92 Å². The second kappa shape index (κ2) is 6.39. The van der Waals surface area contributed by atoms with E-state index in [4.69, 9.17) is 0 Å². The highest BCUT2D eigenvalue weighted by Gasteiger charge is 2.42. The third-order valence-electron chi connectivity index (χ3n) is 3.72. The Bertz CT molecular complexity index is 505. The Labute approximate surface area is 122 Å².